The average molecular weight is 398 g/mol. The summed E-state index contributed by atoms with van der Waals surface area (Å²) in [5.74, 6) is -0.587. The van der Waals surface area contributed by atoms with E-state index < -0.39 is 28.0 Å². The third-order valence-electron chi connectivity index (χ3n) is 4.62. The lowest BCUT2D eigenvalue weighted by Crippen LogP contribution is -2.44. The van der Waals surface area contributed by atoms with Gasteiger partial charge in [0.05, 0.1) is 28.6 Å². The van der Waals surface area contributed by atoms with E-state index in [9.17, 15) is 25.0 Å². The topological polar surface area (TPSA) is 137 Å². The smallest absolute Gasteiger partial charge is 0.337 e. The van der Waals surface area contributed by atoms with E-state index in [0.717, 1.165) is 0 Å². The Hall–Kier alpha value is -3.79. The zero-order valence-corrected chi connectivity index (χ0v) is 15.6. The number of hydrogen-bond donors (Lipinski definition) is 2. The van der Waals surface area contributed by atoms with Gasteiger partial charge in [0.15, 0.2) is 0 Å². The van der Waals surface area contributed by atoms with Crippen LogP contribution in [0.4, 0.5) is 11.4 Å². The fourth-order valence-corrected chi connectivity index (χ4v) is 3.26. The number of allylic oxidation sites excluding steroid dienone is 1. The molecule has 0 fully saturated rings. The van der Waals surface area contributed by atoms with Gasteiger partial charge in [0, 0.05) is 30.0 Å². The monoisotopic (exact) mass is 398 g/mol. The van der Waals surface area contributed by atoms with Crippen molar-refractivity contribution in [3.05, 3.63) is 91.2 Å². The molecule has 0 unspecified atom stereocenters. The molecule has 1 aliphatic rings. The van der Waals surface area contributed by atoms with Gasteiger partial charge in [-0.25, -0.2) is 4.79 Å². The lowest BCUT2D eigenvalue weighted by atomic mass is 9.93. The SMILES string of the molecule is COC(=O)C1=C(C)N[C@H](c2cccc([N+](=O)[O-])c2)N[C@H]1c1cccc([N+](=O)[O-])c1. The average Bonchev–Trinajstić information content (AvgIpc) is 2.72. The summed E-state index contributed by atoms with van der Waals surface area (Å²) in [4.78, 5) is 33.6. The lowest BCUT2D eigenvalue weighted by Gasteiger charge is -2.35. The molecular weight excluding hydrogens is 380 g/mol. The van der Waals surface area contributed by atoms with E-state index in [4.69, 9.17) is 4.74 Å². The maximum absolute atomic E-state index is 12.4. The molecule has 0 spiro atoms. The maximum atomic E-state index is 12.4. The second kappa shape index (κ2) is 8.07. The first-order valence-corrected chi connectivity index (χ1v) is 8.62. The summed E-state index contributed by atoms with van der Waals surface area (Å²) < 4.78 is 4.88. The number of nitro groups is 2. The number of carbonyl (C=O) groups excluding carboxylic acids is 1. The van der Waals surface area contributed by atoms with E-state index in [1.807, 2.05) is 0 Å². The van der Waals surface area contributed by atoms with Crippen LogP contribution in [0.25, 0.3) is 0 Å². The number of hydrogen-bond acceptors (Lipinski definition) is 8. The van der Waals surface area contributed by atoms with Crippen LogP contribution in [0.5, 0.6) is 0 Å². The summed E-state index contributed by atoms with van der Waals surface area (Å²) in [5, 5.41) is 28.6. The van der Waals surface area contributed by atoms with E-state index in [2.05, 4.69) is 10.6 Å². The van der Waals surface area contributed by atoms with Crippen LogP contribution >= 0.6 is 0 Å². The van der Waals surface area contributed by atoms with E-state index in [0.29, 0.717) is 16.8 Å². The molecule has 2 aromatic rings. The number of methoxy groups -OCH3 is 1. The molecule has 0 saturated heterocycles. The van der Waals surface area contributed by atoms with Crippen molar-refractivity contribution >= 4 is 17.3 Å². The molecule has 1 aliphatic heterocycles. The summed E-state index contributed by atoms with van der Waals surface area (Å²) in [6.45, 7) is 1.68. The second-order valence-corrected chi connectivity index (χ2v) is 6.41. The molecule has 0 radical (unpaired) electrons. The van der Waals surface area contributed by atoms with E-state index in [-0.39, 0.29) is 16.9 Å². The number of ether oxygens (including phenoxy) is 1. The fraction of sp³-hybridized carbons (Fsp3) is 0.211. The van der Waals surface area contributed by atoms with Crippen molar-refractivity contribution in [2.75, 3.05) is 7.11 Å². The van der Waals surface area contributed by atoms with Crippen LogP contribution in [0.1, 0.15) is 30.3 Å². The number of non-ortho nitro benzene ring substituents is 2. The van der Waals surface area contributed by atoms with Gasteiger partial charge in [0.2, 0.25) is 0 Å². The molecule has 1 heterocycles. The normalized spacial score (nSPS) is 18.7. The van der Waals surface area contributed by atoms with E-state index in [1.165, 1.54) is 37.4 Å². The number of nitrogens with zero attached hydrogens (tertiary/aromatic N) is 2. The highest BCUT2D eigenvalue weighted by Gasteiger charge is 2.34. The molecule has 0 bridgehead atoms. The molecule has 2 atom stereocenters. The van der Waals surface area contributed by atoms with Crippen molar-refractivity contribution in [3.8, 4) is 0 Å². The molecule has 0 amide bonds. The Morgan fingerprint density at radius 1 is 1.00 bits per heavy atom. The molecule has 3 rings (SSSR count). The quantitative estimate of drug-likeness (QED) is 0.446. The third kappa shape index (κ3) is 4.06. The Bertz CT molecular complexity index is 1020. The van der Waals surface area contributed by atoms with Gasteiger partial charge in [-0.1, -0.05) is 24.3 Å². The lowest BCUT2D eigenvalue weighted by molar-refractivity contribution is -0.385. The highest BCUT2D eigenvalue weighted by molar-refractivity contribution is 5.91. The minimum absolute atomic E-state index is 0.0709. The molecule has 0 saturated carbocycles. The summed E-state index contributed by atoms with van der Waals surface area (Å²) >= 11 is 0. The Labute approximate surface area is 165 Å². The molecule has 0 aliphatic carbocycles. The minimum atomic E-state index is -0.715. The molecule has 10 nitrogen and oxygen atoms in total. The maximum Gasteiger partial charge on any atom is 0.337 e. The van der Waals surface area contributed by atoms with Crippen LogP contribution in [0.2, 0.25) is 0 Å². The number of nitro benzene ring substituents is 2. The minimum Gasteiger partial charge on any atom is -0.466 e. The first-order valence-electron chi connectivity index (χ1n) is 8.62. The zero-order chi connectivity index (χ0) is 21.1. The van der Waals surface area contributed by atoms with Crippen LogP contribution in [-0.2, 0) is 9.53 Å². The van der Waals surface area contributed by atoms with Crippen molar-refractivity contribution in [2.24, 2.45) is 0 Å². The summed E-state index contributed by atoms with van der Waals surface area (Å²) in [6.07, 6.45) is -0.562. The summed E-state index contributed by atoms with van der Waals surface area (Å²) in [7, 11) is 1.25. The highest BCUT2D eigenvalue weighted by Crippen LogP contribution is 2.34. The standard InChI is InChI=1S/C19H18N4O6/c1-11-16(19(24)29-2)17(12-5-3-7-14(9-12)22(25)26)21-18(20-11)13-6-4-8-15(10-13)23(27)28/h3-10,17-18,20-21H,1-2H3/t17-,18-/m0/s1. The first-order chi connectivity index (χ1) is 13.8. The Morgan fingerprint density at radius 3 is 2.10 bits per heavy atom. The van der Waals surface area contributed by atoms with Gasteiger partial charge in [-0.05, 0) is 18.1 Å². The van der Waals surface area contributed by atoms with Gasteiger partial charge < -0.3 is 10.1 Å². The molecule has 10 heteroatoms. The van der Waals surface area contributed by atoms with Crippen molar-refractivity contribution in [2.45, 2.75) is 19.1 Å². The van der Waals surface area contributed by atoms with Gasteiger partial charge >= 0.3 is 5.97 Å². The predicted molar refractivity (Wildman–Crippen MR) is 103 cm³/mol. The van der Waals surface area contributed by atoms with E-state index in [1.54, 1.807) is 25.1 Å². The second-order valence-electron chi connectivity index (χ2n) is 6.41. The summed E-state index contributed by atoms with van der Waals surface area (Å²) in [6, 6.07) is 11.3. The number of nitrogens with one attached hydrogen (secondary N) is 2. The Kier molecular flexibility index (Phi) is 5.55. The summed E-state index contributed by atoms with van der Waals surface area (Å²) in [5.41, 5.74) is 1.67. The molecule has 2 aromatic carbocycles. The number of esters is 1. The van der Waals surface area contributed by atoms with Crippen molar-refractivity contribution in [1.82, 2.24) is 10.6 Å². The van der Waals surface area contributed by atoms with Crippen LogP contribution in [0.15, 0.2) is 59.8 Å². The third-order valence-corrected chi connectivity index (χ3v) is 4.62. The molecule has 29 heavy (non-hydrogen) atoms. The van der Waals surface area contributed by atoms with Gasteiger partial charge in [-0.3, -0.25) is 25.5 Å². The molecule has 2 N–H and O–H groups in total. The van der Waals surface area contributed by atoms with Crippen molar-refractivity contribution in [1.29, 1.82) is 0 Å². The van der Waals surface area contributed by atoms with Crippen LogP contribution in [-0.4, -0.2) is 22.9 Å². The predicted octanol–water partition coefficient (Wildman–Crippen LogP) is 2.88. The van der Waals surface area contributed by atoms with E-state index >= 15 is 0 Å². The fourth-order valence-electron chi connectivity index (χ4n) is 3.26. The number of rotatable bonds is 5. The van der Waals surface area contributed by atoms with Gasteiger partial charge in [-0.15, -0.1) is 0 Å². The van der Waals surface area contributed by atoms with Gasteiger partial charge in [-0.2, -0.15) is 0 Å². The first kappa shape index (κ1) is 20.0. The number of benzene rings is 2. The largest absolute Gasteiger partial charge is 0.466 e. The molecule has 0 aromatic heterocycles. The molecule has 150 valence electrons. The molecular formula is C19H18N4O6. The number of carbonyl (C=O) groups is 1. The van der Waals surface area contributed by atoms with Crippen LogP contribution in [0.3, 0.4) is 0 Å². The van der Waals surface area contributed by atoms with Crippen molar-refractivity contribution < 1.29 is 19.4 Å². The van der Waals surface area contributed by atoms with Crippen LogP contribution < -0.4 is 10.6 Å². The van der Waals surface area contributed by atoms with Gasteiger partial charge in [0.25, 0.3) is 11.4 Å². The Morgan fingerprint density at radius 2 is 1.55 bits per heavy atom. The van der Waals surface area contributed by atoms with Gasteiger partial charge in [0.1, 0.15) is 6.17 Å². The highest BCUT2D eigenvalue weighted by atomic mass is 16.6. The zero-order valence-electron chi connectivity index (χ0n) is 15.6. The van der Waals surface area contributed by atoms with Crippen LogP contribution in [0, 0.1) is 20.2 Å². The van der Waals surface area contributed by atoms with Crippen molar-refractivity contribution in [3.63, 3.8) is 0 Å². The Balaban J connectivity index is 2.07.